The molecule has 13 heteroatoms. The Balaban J connectivity index is 1.58. The number of hydrogen-bond acceptors (Lipinski definition) is 7. The van der Waals surface area contributed by atoms with Gasteiger partial charge in [-0.05, 0) is 96.1 Å². The molecule has 0 aliphatic carbocycles. The van der Waals surface area contributed by atoms with E-state index >= 15 is 0 Å². The molecule has 216 valence electrons. The van der Waals surface area contributed by atoms with E-state index in [-0.39, 0.29) is 6.61 Å². The summed E-state index contributed by atoms with van der Waals surface area (Å²) in [5, 5.41) is 9.81. The lowest BCUT2D eigenvalue weighted by Crippen LogP contribution is -2.32. The van der Waals surface area contributed by atoms with Crippen LogP contribution >= 0.6 is 45.8 Å². The summed E-state index contributed by atoms with van der Waals surface area (Å²) in [6.07, 6.45) is 2.24. The second kappa shape index (κ2) is 16.0. The van der Waals surface area contributed by atoms with E-state index in [1.807, 2.05) is 29.5 Å². The second-order valence-corrected chi connectivity index (χ2v) is 10.3. The predicted molar refractivity (Wildman–Crippen MR) is 168 cm³/mol. The Bertz CT molecular complexity index is 1400. The van der Waals surface area contributed by atoms with E-state index in [9.17, 15) is 14.4 Å². The van der Waals surface area contributed by atoms with Gasteiger partial charge in [0, 0.05) is 21.4 Å². The fourth-order valence-corrected chi connectivity index (χ4v) is 4.59. The van der Waals surface area contributed by atoms with E-state index in [1.165, 1.54) is 6.21 Å². The van der Waals surface area contributed by atoms with Crippen LogP contribution in [0.15, 0.2) is 59.7 Å². The van der Waals surface area contributed by atoms with Gasteiger partial charge in [-0.2, -0.15) is 5.10 Å². The van der Waals surface area contributed by atoms with Gasteiger partial charge in [-0.3, -0.25) is 14.4 Å². The van der Waals surface area contributed by atoms with Crippen LogP contribution in [0.25, 0.3) is 0 Å². The summed E-state index contributed by atoms with van der Waals surface area (Å²) in [4.78, 5) is 36.8. The molecule has 0 radical (unpaired) electrons. The fraction of sp³-hybridized carbons (Fsp3) is 0.214. The van der Waals surface area contributed by atoms with Crippen LogP contribution in [0.3, 0.4) is 0 Å². The fourth-order valence-electron chi connectivity index (χ4n) is 3.28. The number of rotatable bonds is 12. The molecule has 0 aliphatic heterocycles. The smallest absolute Gasteiger partial charge is 0.329 e. The number of nitrogens with one attached hydrogen (secondary N) is 3. The number of halogens is 3. The highest BCUT2D eigenvalue weighted by Gasteiger charge is 2.15. The molecule has 10 nitrogen and oxygen atoms in total. The first kappa shape index (κ1) is 32.0. The Labute approximate surface area is 260 Å². The number of ether oxygens (including phenoxy) is 3. The van der Waals surface area contributed by atoms with Crippen LogP contribution < -0.4 is 30.3 Å². The van der Waals surface area contributed by atoms with Crippen LogP contribution in [0.1, 0.15) is 25.8 Å². The highest BCUT2D eigenvalue weighted by atomic mass is 127. The summed E-state index contributed by atoms with van der Waals surface area (Å²) in [5.74, 6) is -0.847. The number of hydrogen-bond donors (Lipinski definition) is 3. The molecule has 3 rings (SSSR count). The molecule has 3 aromatic rings. The van der Waals surface area contributed by atoms with E-state index in [0.717, 1.165) is 6.42 Å². The molecule has 0 heterocycles. The molecular formula is C28H27Cl2IN4O6. The van der Waals surface area contributed by atoms with Gasteiger partial charge in [0.25, 0.3) is 5.91 Å². The van der Waals surface area contributed by atoms with Crippen molar-refractivity contribution in [1.29, 1.82) is 0 Å². The first-order chi connectivity index (χ1) is 19.7. The molecule has 0 spiro atoms. The average Bonchev–Trinajstić information content (AvgIpc) is 2.91. The zero-order valence-electron chi connectivity index (χ0n) is 22.1. The van der Waals surface area contributed by atoms with Crippen LogP contribution in [-0.2, 0) is 14.4 Å². The van der Waals surface area contributed by atoms with Crippen molar-refractivity contribution in [3.63, 3.8) is 0 Å². The van der Waals surface area contributed by atoms with Crippen LogP contribution in [0.4, 0.5) is 11.4 Å². The average molecular weight is 713 g/mol. The topological polar surface area (TPSA) is 127 Å². The number of anilines is 2. The minimum Gasteiger partial charge on any atom is -0.494 e. The number of carbonyl (C=O) groups is 3. The Morgan fingerprint density at radius 1 is 0.878 bits per heavy atom. The highest BCUT2D eigenvalue weighted by Crippen LogP contribution is 2.34. The lowest BCUT2D eigenvalue weighted by Gasteiger charge is -2.14. The number of amides is 3. The summed E-state index contributed by atoms with van der Waals surface area (Å²) < 4.78 is 17.6. The van der Waals surface area contributed by atoms with Crippen molar-refractivity contribution in [2.24, 2.45) is 5.10 Å². The van der Waals surface area contributed by atoms with Gasteiger partial charge in [0.1, 0.15) is 5.75 Å². The van der Waals surface area contributed by atoms with E-state index in [2.05, 4.69) is 21.2 Å². The van der Waals surface area contributed by atoms with Gasteiger partial charge in [-0.15, -0.1) is 0 Å². The maximum atomic E-state index is 12.4. The zero-order chi connectivity index (χ0) is 29.8. The summed E-state index contributed by atoms with van der Waals surface area (Å²) >= 11 is 14.0. The Morgan fingerprint density at radius 3 is 2.24 bits per heavy atom. The van der Waals surface area contributed by atoms with Gasteiger partial charge in [0.15, 0.2) is 18.1 Å². The zero-order valence-corrected chi connectivity index (χ0v) is 25.8. The largest absolute Gasteiger partial charge is 0.494 e. The quantitative estimate of drug-likeness (QED) is 0.0931. The number of benzene rings is 3. The maximum Gasteiger partial charge on any atom is 0.329 e. The van der Waals surface area contributed by atoms with Crippen molar-refractivity contribution in [3.05, 3.63) is 73.8 Å². The molecule has 0 saturated heterocycles. The number of carbonyl (C=O) groups excluding carboxylic acids is 3. The van der Waals surface area contributed by atoms with Gasteiger partial charge >= 0.3 is 11.8 Å². The van der Waals surface area contributed by atoms with E-state index < -0.39 is 17.7 Å². The molecule has 0 unspecified atom stereocenters. The third-order valence-corrected chi connectivity index (χ3v) is 6.23. The van der Waals surface area contributed by atoms with Gasteiger partial charge in [0.2, 0.25) is 0 Å². The summed E-state index contributed by atoms with van der Waals surface area (Å²) in [6.45, 7) is 4.43. The molecular weight excluding hydrogens is 686 g/mol. The van der Waals surface area contributed by atoms with E-state index in [4.69, 9.17) is 37.4 Å². The second-order valence-electron chi connectivity index (χ2n) is 8.28. The normalized spacial score (nSPS) is 10.7. The molecule has 3 amide bonds. The minimum absolute atomic E-state index is 0.298. The van der Waals surface area contributed by atoms with Crippen LogP contribution in [0.5, 0.6) is 17.2 Å². The summed E-state index contributed by atoms with van der Waals surface area (Å²) in [6, 6.07) is 14.7. The maximum absolute atomic E-state index is 12.4. The third kappa shape index (κ3) is 10.4. The molecule has 0 saturated carbocycles. The van der Waals surface area contributed by atoms with E-state index in [0.29, 0.717) is 61.0 Å². The third-order valence-electron chi connectivity index (χ3n) is 5.00. The van der Waals surface area contributed by atoms with Crippen molar-refractivity contribution in [2.75, 3.05) is 30.5 Å². The summed E-state index contributed by atoms with van der Waals surface area (Å²) in [5.41, 5.74) is 3.63. The number of nitrogens with zero attached hydrogens (tertiary/aromatic N) is 1. The SMILES string of the molecule is CCCOc1ccc(NC(=O)C(=O)N/N=C\c2cc(I)c(OCC(=O)Nc3cc(Cl)cc(Cl)c3)c(OCC)c2)cc1. The lowest BCUT2D eigenvalue weighted by atomic mass is 10.2. The predicted octanol–water partition coefficient (Wildman–Crippen LogP) is 5.89. The van der Waals surface area contributed by atoms with Crippen molar-refractivity contribution < 1.29 is 28.6 Å². The Kier molecular flexibility index (Phi) is 12.5. The number of hydrazone groups is 1. The van der Waals surface area contributed by atoms with Crippen LogP contribution in [-0.4, -0.2) is 43.8 Å². The molecule has 3 aromatic carbocycles. The van der Waals surface area contributed by atoms with Crippen LogP contribution in [0, 0.1) is 3.57 Å². The summed E-state index contributed by atoms with van der Waals surface area (Å²) in [7, 11) is 0. The van der Waals surface area contributed by atoms with Crippen molar-refractivity contribution >= 4 is 81.1 Å². The van der Waals surface area contributed by atoms with E-state index in [1.54, 1.807) is 61.5 Å². The molecule has 0 atom stereocenters. The van der Waals surface area contributed by atoms with Crippen molar-refractivity contribution in [1.82, 2.24) is 5.43 Å². The van der Waals surface area contributed by atoms with Gasteiger partial charge in [0.05, 0.1) is 23.0 Å². The van der Waals surface area contributed by atoms with Gasteiger partial charge in [-0.25, -0.2) is 5.43 Å². The Hall–Kier alpha value is -3.55. The Morgan fingerprint density at radius 2 is 1.59 bits per heavy atom. The lowest BCUT2D eigenvalue weighted by molar-refractivity contribution is -0.136. The molecule has 0 aliphatic rings. The molecule has 0 bridgehead atoms. The van der Waals surface area contributed by atoms with Crippen LogP contribution in [0.2, 0.25) is 10.0 Å². The minimum atomic E-state index is -0.945. The first-order valence-electron chi connectivity index (χ1n) is 12.4. The van der Waals surface area contributed by atoms with Gasteiger partial charge < -0.3 is 24.8 Å². The molecule has 0 aromatic heterocycles. The molecule has 3 N–H and O–H groups in total. The highest BCUT2D eigenvalue weighted by molar-refractivity contribution is 14.1. The first-order valence-corrected chi connectivity index (χ1v) is 14.2. The van der Waals surface area contributed by atoms with Crippen molar-refractivity contribution in [3.8, 4) is 17.2 Å². The monoisotopic (exact) mass is 712 g/mol. The van der Waals surface area contributed by atoms with Crippen molar-refractivity contribution in [2.45, 2.75) is 20.3 Å². The molecule has 0 fully saturated rings. The molecule has 41 heavy (non-hydrogen) atoms. The van der Waals surface area contributed by atoms with Gasteiger partial charge in [-0.1, -0.05) is 30.1 Å². The standard InChI is InChI=1S/C28H27Cl2IN4O6/c1-3-9-40-22-7-5-20(6-8-22)34-27(37)28(38)35-32-15-17-10-23(31)26(24(11-17)39-4-2)41-16-25(36)33-21-13-18(29)12-19(30)14-21/h5-8,10-15H,3-4,9,16H2,1-2H3,(H,33,36)(H,34,37)(H,35,38)/b32-15-.